The summed E-state index contributed by atoms with van der Waals surface area (Å²) in [6, 6.07) is 0. The number of hydrogen-bond acceptors (Lipinski definition) is 10. The summed E-state index contributed by atoms with van der Waals surface area (Å²) in [5.41, 5.74) is -1.72. The molecule has 0 saturated carbocycles. The van der Waals surface area contributed by atoms with Crippen molar-refractivity contribution in [2.75, 3.05) is 13.7 Å². The van der Waals surface area contributed by atoms with Crippen LogP contribution in [0.15, 0.2) is 12.7 Å². The summed E-state index contributed by atoms with van der Waals surface area (Å²) in [6.07, 6.45) is -4.23. The molecule has 0 aromatic heterocycles. The van der Waals surface area contributed by atoms with Gasteiger partial charge in [-0.05, 0) is 0 Å². The predicted octanol–water partition coefficient (Wildman–Crippen LogP) is 2.07. The first-order valence-electron chi connectivity index (χ1n) is 8.41. The molecule has 0 aliphatic carbocycles. The van der Waals surface area contributed by atoms with E-state index in [1.807, 2.05) is 0 Å². The molecular weight excluding hydrogens is 469 g/mol. The van der Waals surface area contributed by atoms with E-state index in [-0.39, 0.29) is 0 Å². The quantitative estimate of drug-likeness (QED) is 0.142. The molecule has 0 spiro atoms. The Kier molecular flexibility index (Phi) is 9.37. The number of ether oxygens (including phenoxy) is 6. The van der Waals surface area contributed by atoms with Gasteiger partial charge in [-0.3, -0.25) is 19.8 Å². The average molecular weight is 491 g/mol. The lowest BCUT2D eigenvalue weighted by Crippen LogP contribution is -2.68. The van der Waals surface area contributed by atoms with E-state index in [9.17, 15) is 14.4 Å². The van der Waals surface area contributed by atoms with Crippen LogP contribution in [0.25, 0.3) is 0 Å². The highest BCUT2D eigenvalue weighted by atomic mass is 35.6. The van der Waals surface area contributed by atoms with Gasteiger partial charge in [0, 0.05) is 27.9 Å². The average Bonchev–Trinajstić information content (AvgIpc) is 2.61. The second-order valence-electron chi connectivity index (χ2n) is 6.17. The highest BCUT2D eigenvalue weighted by molar-refractivity contribution is 6.76. The fraction of sp³-hybridized carbons (Fsp3) is 0.647. The summed E-state index contributed by atoms with van der Waals surface area (Å²) in [4.78, 5) is 34.8. The van der Waals surface area contributed by atoms with Crippen molar-refractivity contribution in [3.63, 3.8) is 0 Å². The Morgan fingerprint density at radius 2 is 1.63 bits per heavy atom. The number of halogens is 3. The van der Waals surface area contributed by atoms with Crippen LogP contribution in [0.4, 0.5) is 0 Å². The molecule has 0 aromatic rings. The minimum atomic E-state index is -2.26. The number of carbonyl (C=O) groups is 3. The van der Waals surface area contributed by atoms with Gasteiger partial charge in [0.25, 0.3) is 3.79 Å². The van der Waals surface area contributed by atoms with Gasteiger partial charge in [0.1, 0.15) is 12.7 Å². The van der Waals surface area contributed by atoms with Gasteiger partial charge in [0.15, 0.2) is 17.8 Å². The van der Waals surface area contributed by atoms with E-state index in [4.69, 9.17) is 68.6 Å². The Morgan fingerprint density at radius 3 is 2.03 bits per heavy atom. The molecule has 1 aliphatic heterocycles. The number of esters is 3. The standard InChI is InChI=1S/C17H22Cl3NO9/c1-6-16(7-26-8(2)22)13(28-10(4)24)11(25-5)12(27-9(3)23)14(30-16)29-15(21)17(18,19)20/h6,11-14,21H,1,7H2,2-5H3/t11-,12?,13+,14-,16?/m1/s1. The van der Waals surface area contributed by atoms with E-state index in [2.05, 4.69) is 6.58 Å². The van der Waals surface area contributed by atoms with Gasteiger partial charge < -0.3 is 28.4 Å². The molecule has 13 heteroatoms. The molecule has 1 rings (SSSR count). The molecule has 2 unspecified atom stereocenters. The lowest BCUT2D eigenvalue weighted by atomic mass is 9.86. The number of carbonyl (C=O) groups excluding carboxylic acids is 3. The molecule has 0 amide bonds. The molecule has 0 radical (unpaired) electrons. The lowest BCUT2D eigenvalue weighted by Gasteiger charge is -2.49. The number of methoxy groups -OCH3 is 1. The second kappa shape index (κ2) is 10.6. The summed E-state index contributed by atoms with van der Waals surface area (Å²) in [6.45, 7) is 6.57. The smallest absolute Gasteiger partial charge is 0.303 e. The van der Waals surface area contributed by atoms with Gasteiger partial charge in [-0.1, -0.05) is 47.5 Å². The molecule has 1 N–H and O–H groups in total. The zero-order chi connectivity index (χ0) is 23.3. The zero-order valence-electron chi connectivity index (χ0n) is 16.6. The Balaban J connectivity index is 3.49. The summed E-state index contributed by atoms with van der Waals surface area (Å²) in [7, 11) is 1.25. The van der Waals surface area contributed by atoms with E-state index in [1.165, 1.54) is 13.2 Å². The summed E-state index contributed by atoms with van der Waals surface area (Å²) in [5.74, 6) is -2.99. The van der Waals surface area contributed by atoms with Crippen molar-refractivity contribution in [1.82, 2.24) is 0 Å². The zero-order valence-corrected chi connectivity index (χ0v) is 18.9. The maximum Gasteiger partial charge on any atom is 0.303 e. The van der Waals surface area contributed by atoms with Crippen LogP contribution in [0.5, 0.6) is 0 Å². The van der Waals surface area contributed by atoms with Crippen molar-refractivity contribution >= 4 is 58.6 Å². The summed E-state index contributed by atoms with van der Waals surface area (Å²) >= 11 is 17.0. The van der Waals surface area contributed by atoms with Crippen molar-refractivity contribution in [2.45, 2.75) is 54.8 Å². The Hall–Kier alpha value is -1.59. The molecule has 0 aromatic carbocycles. The van der Waals surface area contributed by atoms with Gasteiger partial charge >= 0.3 is 17.9 Å². The van der Waals surface area contributed by atoms with Crippen molar-refractivity contribution in [2.24, 2.45) is 0 Å². The van der Waals surface area contributed by atoms with Crippen LogP contribution < -0.4 is 0 Å². The van der Waals surface area contributed by atoms with Crippen LogP contribution in [0.3, 0.4) is 0 Å². The highest BCUT2D eigenvalue weighted by Gasteiger charge is 2.59. The van der Waals surface area contributed by atoms with E-state index in [0.717, 1.165) is 20.8 Å². The predicted molar refractivity (Wildman–Crippen MR) is 105 cm³/mol. The molecule has 1 fully saturated rings. The first kappa shape index (κ1) is 26.4. The van der Waals surface area contributed by atoms with Crippen LogP contribution in [-0.4, -0.2) is 71.5 Å². The van der Waals surface area contributed by atoms with E-state index < -0.39 is 64.4 Å². The normalized spacial score (nSPS) is 28.8. The Labute approximate surface area is 188 Å². The third kappa shape index (κ3) is 6.71. The molecule has 0 bridgehead atoms. The Morgan fingerprint density at radius 1 is 1.07 bits per heavy atom. The third-order valence-electron chi connectivity index (χ3n) is 3.91. The van der Waals surface area contributed by atoms with Crippen LogP contribution in [-0.2, 0) is 42.8 Å². The van der Waals surface area contributed by atoms with Crippen molar-refractivity contribution < 1.29 is 42.8 Å². The number of alkyl halides is 3. The molecule has 5 atom stereocenters. The topological polar surface area (TPSA) is 130 Å². The van der Waals surface area contributed by atoms with Gasteiger partial charge in [0.2, 0.25) is 12.2 Å². The fourth-order valence-electron chi connectivity index (χ4n) is 2.70. The van der Waals surface area contributed by atoms with Crippen molar-refractivity contribution in [1.29, 1.82) is 5.41 Å². The maximum atomic E-state index is 11.7. The van der Waals surface area contributed by atoms with Crippen molar-refractivity contribution in [3.05, 3.63) is 12.7 Å². The number of rotatable bonds is 7. The van der Waals surface area contributed by atoms with Crippen LogP contribution in [0.1, 0.15) is 20.8 Å². The first-order chi connectivity index (χ1) is 13.8. The van der Waals surface area contributed by atoms with Gasteiger partial charge in [0.05, 0.1) is 0 Å². The van der Waals surface area contributed by atoms with E-state index in [1.54, 1.807) is 0 Å². The SMILES string of the molecule is C=CC1(COC(C)=O)O[C@@H](OC(=N)C(Cl)(Cl)Cl)C(OC(C)=O)[C@@H](OC)[C@@H]1OC(C)=O. The summed E-state index contributed by atoms with van der Waals surface area (Å²) < 4.78 is 29.9. The van der Waals surface area contributed by atoms with Crippen LogP contribution >= 0.6 is 34.8 Å². The van der Waals surface area contributed by atoms with Crippen LogP contribution in [0.2, 0.25) is 0 Å². The fourth-order valence-corrected chi connectivity index (χ4v) is 2.83. The Bertz CT molecular complexity index is 696. The summed E-state index contributed by atoms with van der Waals surface area (Å²) in [5, 5.41) is 7.82. The molecular formula is C17H22Cl3NO9. The van der Waals surface area contributed by atoms with Gasteiger partial charge in [-0.15, -0.1) is 0 Å². The van der Waals surface area contributed by atoms with Crippen LogP contribution in [0, 0.1) is 5.41 Å². The van der Waals surface area contributed by atoms with E-state index in [0.29, 0.717) is 0 Å². The monoisotopic (exact) mass is 489 g/mol. The second-order valence-corrected chi connectivity index (χ2v) is 8.46. The molecule has 1 aliphatic rings. The number of hydrogen-bond donors (Lipinski definition) is 1. The molecule has 170 valence electrons. The molecule has 30 heavy (non-hydrogen) atoms. The van der Waals surface area contributed by atoms with Crippen molar-refractivity contribution in [3.8, 4) is 0 Å². The highest BCUT2D eigenvalue weighted by Crippen LogP contribution is 2.38. The molecule has 1 saturated heterocycles. The van der Waals surface area contributed by atoms with Gasteiger partial charge in [-0.2, -0.15) is 0 Å². The minimum absolute atomic E-state index is 0.475. The minimum Gasteiger partial charge on any atom is -0.462 e. The molecule has 10 nitrogen and oxygen atoms in total. The lowest BCUT2D eigenvalue weighted by molar-refractivity contribution is -0.316. The first-order valence-corrected chi connectivity index (χ1v) is 9.55. The number of nitrogens with one attached hydrogen (secondary N) is 1. The third-order valence-corrected chi connectivity index (χ3v) is 4.43. The van der Waals surface area contributed by atoms with E-state index >= 15 is 0 Å². The maximum absolute atomic E-state index is 11.7. The largest absolute Gasteiger partial charge is 0.462 e. The molecule has 1 heterocycles. The van der Waals surface area contributed by atoms with Gasteiger partial charge in [-0.25, -0.2) is 0 Å².